The number of nitrogens with two attached hydrogens (primary N) is 1. The van der Waals surface area contributed by atoms with Gasteiger partial charge in [0.05, 0.1) is 15.7 Å². The van der Waals surface area contributed by atoms with Crippen LogP contribution in [0.25, 0.3) is 11.1 Å². The molecule has 4 N–H and O–H groups in total. The number of hydrogen-bond acceptors (Lipinski definition) is 8. The summed E-state index contributed by atoms with van der Waals surface area (Å²) in [6, 6.07) is 9.56. The van der Waals surface area contributed by atoms with Crippen LogP contribution in [-0.2, 0) is 14.4 Å². The Hall–Kier alpha value is -3.80. The Morgan fingerprint density at radius 3 is 2.53 bits per heavy atom. The Balaban J connectivity index is 1.84. The molecule has 0 bridgehead atoms. The van der Waals surface area contributed by atoms with Crippen molar-refractivity contribution in [3.8, 4) is 0 Å². The number of oxazole rings is 1. The second-order valence-corrected chi connectivity index (χ2v) is 7.26. The first-order valence-corrected chi connectivity index (χ1v) is 9.64. The Morgan fingerprint density at radius 2 is 1.84 bits per heavy atom. The summed E-state index contributed by atoms with van der Waals surface area (Å²) in [5.41, 5.74) is 3.93. The summed E-state index contributed by atoms with van der Waals surface area (Å²) in [5.74, 6) is -0.0472. The molecule has 162 valence electrons. The smallest absolute Gasteiger partial charge is 0.349 e. The summed E-state index contributed by atoms with van der Waals surface area (Å²) in [5, 5.41) is 3.95. The summed E-state index contributed by atoms with van der Waals surface area (Å²) in [6.45, 7) is 0. The molecule has 0 saturated carbocycles. The number of Topliss-reactive ketones (excluding diaryl/α,β-unsaturated/α-hetero) is 1. The van der Waals surface area contributed by atoms with Gasteiger partial charge in [0.25, 0.3) is 5.91 Å². The van der Waals surface area contributed by atoms with E-state index in [1.165, 1.54) is 18.2 Å². The number of nitrogens with one attached hydrogen (secondary N) is 2. The third-order valence-electron chi connectivity index (χ3n) is 4.50. The molecule has 0 aliphatic carbocycles. The molecule has 1 aromatic heterocycles. The van der Waals surface area contributed by atoms with E-state index in [1.54, 1.807) is 29.7 Å². The summed E-state index contributed by atoms with van der Waals surface area (Å²) >= 11 is 11.9. The molecule has 4 rings (SSSR count). The Labute approximate surface area is 189 Å². The van der Waals surface area contributed by atoms with Crippen LogP contribution in [0.15, 0.2) is 52.0 Å². The van der Waals surface area contributed by atoms with E-state index in [0.717, 1.165) is 0 Å². The summed E-state index contributed by atoms with van der Waals surface area (Å²) in [6.07, 6.45) is 0. The second-order valence-electron chi connectivity index (χ2n) is 6.44. The Bertz CT molecular complexity index is 1290. The molecular formula is C19H12Cl2N6O5. The first-order chi connectivity index (χ1) is 15.3. The number of rotatable bonds is 3. The molecule has 0 radical (unpaired) electrons. The Morgan fingerprint density at radius 1 is 1.09 bits per heavy atom. The number of amides is 4. The van der Waals surface area contributed by atoms with Crippen molar-refractivity contribution >= 4 is 69.3 Å². The van der Waals surface area contributed by atoms with Gasteiger partial charge in [0.2, 0.25) is 11.7 Å². The number of hydrogen-bond donors (Lipinski definition) is 3. The molecule has 1 fully saturated rings. The minimum absolute atomic E-state index is 0.0188. The number of benzene rings is 2. The highest BCUT2D eigenvalue weighted by molar-refractivity contribution is 6.67. The highest BCUT2D eigenvalue weighted by Crippen LogP contribution is 2.33. The van der Waals surface area contributed by atoms with Crippen LogP contribution in [-0.4, -0.2) is 34.3 Å². The lowest BCUT2D eigenvalue weighted by Gasteiger charge is -2.28. The van der Waals surface area contributed by atoms with Crippen molar-refractivity contribution in [2.45, 2.75) is 5.92 Å². The molecule has 4 amide bonds. The van der Waals surface area contributed by atoms with Crippen molar-refractivity contribution in [3.63, 3.8) is 0 Å². The van der Waals surface area contributed by atoms with Gasteiger partial charge in [-0.3, -0.25) is 19.8 Å². The van der Waals surface area contributed by atoms with E-state index in [4.69, 9.17) is 33.5 Å². The number of fused-ring (bicyclic) bond motifs is 1. The summed E-state index contributed by atoms with van der Waals surface area (Å²) < 4.78 is 5.59. The lowest BCUT2D eigenvalue weighted by molar-refractivity contribution is -0.139. The number of ketones is 1. The lowest BCUT2D eigenvalue weighted by Crippen LogP contribution is -2.55. The quantitative estimate of drug-likeness (QED) is 0.171. The number of para-hydroxylation sites is 2. The fraction of sp³-hybridized carbons (Fsp3) is 0.0526. The molecule has 32 heavy (non-hydrogen) atoms. The van der Waals surface area contributed by atoms with E-state index in [2.05, 4.69) is 10.1 Å². The van der Waals surface area contributed by atoms with E-state index in [1.807, 2.05) is 5.43 Å². The maximum absolute atomic E-state index is 13.3. The van der Waals surface area contributed by atoms with Crippen LogP contribution >= 0.6 is 23.2 Å². The zero-order chi connectivity index (χ0) is 23.0. The van der Waals surface area contributed by atoms with Crippen LogP contribution in [0.2, 0.25) is 10.0 Å². The van der Waals surface area contributed by atoms with Crippen LogP contribution in [0.5, 0.6) is 0 Å². The number of anilines is 1. The van der Waals surface area contributed by atoms with Gasteiger partial charge in [-0.05, 0) is 30.3 Å². The number of aromatic nitrogens is 1. The number of imide groups is 1. The van der Waals surface area contributed by atoms with E-state index >= 15 is 0 Å². The third kappa shape index (κ3) is 3.68. The third-order valence-corrected chi connectivity index (χ3v) is 5.24. The SMILES string of the molecule is NNC(=O)N/N=C1\C(=O)N(c2ccc(Cl)c(Cl)c2)C(=O)C(=O)C1c1nc2ccccc2o1. The average molecular weight is 475 g/mol. The molecule has 13 heteroatoms. The van der Waals surface area contributed by atoms with Gasteiger partial charge in [0, 0.05) is 0 Å². The van der Waals surface area contributed by atoms with E-state index in [9.17, 15) is 19.2 Å². The highest BCUT2D eigenvalue weighted by atomic mass is 35.5. The van der Waals surface area contributed by atoms with Crippen LogP contribution in [0.4, 0.5) is 10.5 Å². The van der Waals surface area contributed by atoms with Crippen molar-refractivity contribution in [3.05, 3.63) is 58.4 Å². The maximum atomic E-state index is 13.3. The van der Waals surface area contributed by atoms with Crippen LogP contribution in [0, 0.1) is 0 Å². The molecule has 2 aromatic carbocycles. The Kier molecular flexibility index (Phi) is 5.61. The largest absolute Gasteiger partial charge is 0.439 e. The number of urea groups is 1. The fourth-order valence-corrected chi connectivity index (χ4v) is 3.34. The molecule has 1 aliphatic rings. The lowest BCUT2D eigenvalue weighted by atomic mass is 9.91. The monoisotopic (exact) mass is 474 g/mol. The minimum atomic E-state index is -1.60. The van der Waals surface area contributed by atoms with E-state index < -0.39 is 35.3 Å². The molecule has 1 aliphatic heterocycles. The van der Waals surface area contributed by atoms with Gasteiger partial charge >= 0.3 is 11.9 Å². The average Bonchev–Trinajstić information content (AvgIpc) is 3.21. The van der Waals surface area contributed by atoms with Crippen LogP contribution in [0.1, 0.15) is 11.8 Å². The van der Waals surface area contributed by atoms with E-state index in [-0.39, 0.29) is 21.6 Å². The molecule has 0 spiro atoms. The van der Waals surface area contributed by atoms with Crippen molar-refractivity contribution in [1.29, 1.82) is 0 Å². The molecule has 3 aromatic rings. The summed E-state index contributed by atoms with van der Waals surface area (Å²) in [4.78, 5) is 55.5. The zero-order valence-electron chi connectivity index (χ0n) is 15.8. The number of hydrazine groups is 1. The van der Waals surface area contributed by atoms with Crippen molar-refractivity contribution in [2.75, 3.05) is 4.90 Å². The molecule has 1 unspecified atom stereocenters. The number of hydrazone groups is 1. The topological polar surface area (TPSA) is 160 Å². The number of nitrogens with zero attached hydrogens (tertiary/aromatic N) is 3. The molecule has 1 atom stereocenters. The molecular weight excluding hydrogens is 463 g/mol. The van der Waals surface area contributed by atoms with Gasteiger partial charge < -0.3 is 4.42 Å². The first-order valence-electron chi connectivity index (χ1n) is 8.89. The first kappa shape index (κ1) is 21.4. The van der Waals surface area contributed by atoms with E-state index in [0.29, 0.717) is 16.0 Å². The van der Waals surface area contributed by atoms with Crippen molar-refractivity contribution in [2.24, 2.45) is 10.9 Å². The summed E-state index contributed by atoms with van der Waals surface area (Å²) in [7, 11) is 0. The van der Waals surface area contributed by atoms with Gasteiger partial charge in [0.1, 0.15) is 11.2 Å². The van der Waals surface area contributed by atoms with Gasteiger partial charge in [-0.2, -0.15) is 5.10 Å². The van der Waals surface area contributed by atoms with Crippen molar-refractivity contribution < 1.29 is 23.6 Å². The number of carbonyl (C=O) groups excluding carboxylic acids is 4. The molecule has 1 saturated heterocycles. The second kappa shape index (κ2) is 8.38. The maximum Gasteiger partial charge on any atom is 0.349 e. The fourth-order valence-electron chi connectivity index (χ4n) is 3.04. The zero-order valence-corrected chi connectivity index (χ0v) is 17.3. The normalized spacial score (nSPS) is 17.8. The van der Waals surface area contributed by atoms with Gasteiger partial charge in [-0.1, -0.05) is 35.3 Å². The standard InChI is InChI=1S/C19H12Cl2N6O5/c20-9-6-5-8(7-10(9)21)27-17(29)14(25-26-19(31)24-22)13(15(28)18(27)30)16-23-11-3-1-2-4-12(11)32-16/h1-7,13H,22H2,(H2,24,26,31)/b25-14-. The highest BCUT2D eigenvalue weighted by Gasteiger charge is 2.49. The predicted molar refractivity (Wildman–Crippen MR) is 114 cm³/mol. The minimum Gasteiger partial charge on any atom is -0.439 e. The van der Waals surface area contributed by atoms with Gasteiger partial charge in [-0.15, -0.1) is 0 Å². The van der Waals surface area contributed by atoms with Crippen molar-refractivity contribution in [1.82, 2.24) is 15.8 Å². The molecule has 11 nitrogen and oxygen atoms in total. The predicted octanol–water partition coefficient (Wildman–Crippen LogP) is 1.89. The molecule has 2 heterocycles. The van der Waals surface area contributed by atoms with Gasteiger partial charge in [-0.25, -0.2) is 25.9 Å². The number of piperidine rings is 1. The van der Waals surface area contributed by atoms with Crippen LogP contribution < -0.4 is 21.6 Å². The number of halogens is 2. The number of carbonyl (C=O) groups is 4. The van der Waals surface area contributed by atoms with Crippen LogP contribution in [0.3, 0.4) is 0 Å². The van der Waals surface area contributed by atoms with Gasteiger partial charge in [0.15, 0.2) is 11.5 Å².